The molecule has 0 radical (unpaired) electrons. The van der Waals surface area contributed by atoms with Crippen molar-refractivity contribution in [3.05, 3.63) is 71.3 Å². The lowest BCUT2D eigenvalue weighted by Gasteiger charge is -2.18. The van der Waals surface area contributed by atoms with Gasteiger partial charge in [-0.3, -0.25) is 4.79 Å². The molecule has 0 aliphatic carbocycles. The molecule has 1 amide bonds. The SMILES string of the molecule is CCC[C@@H](NC(=O)COC(=O)c1c(F)cccc1F)c1ccccc1. The van der Waals surface area contributed by atoms with Crippen molar-refractivity contribution in [1.29, 1.82) is 0 Å². The fourth-order valence-corrected chi connectivity index (χ4v) is 2.43. The van der Waals surface area contributed by atoms with Crippen LogP contribution in [0.3, 0.4) is 0 Å². The van der Waals surface area contributed by atoms with Crippen LogP contribution in [-0.4, -0.2) is 18.5 Å². The smallest absolute Gasteiger partial charge is 0.344 e. The highest BCUT2D eigenvalue weighted by Gasteiger charge is 2.20. The Hall–Kier alpha value is -2.76. The summed E-state index contributed by atoms with van der Waals surface area (Å²) < 4.78 is 31.8. The van der Waals surface area contributed by atoms with Gasteiger partial charge in [-0.1, -0.05) is 49.7 Å². The van der Waals surface area contributed by atoms with E-state index >= 15 is 0 Å². The molecule has 0 spiro atoms. The lowest BCUT2D eigenvalue weighted by atomic mass is 10.0. The summed E-state index contributed by atoms with van der Waals surface area (Å²) in [4.78, 5) is 23.8. The number of rotatable bonds is 7. The number of nitrogens with one attached hydrogen (secondary N) is 1. The van der Waals surface area contributed by atoms with Crippen molar-refractivity contribution < 1.29 is 23.1 Å². The van der Waals surface area contributed by atoms with Crippen LogP contribution in [0.25, 0.3) is 0 Å². The van der Waals surface area contributed by atoms with E-state index in [-0.39, 0.29) is 6.04 Å². The van der Waals surface area contributed by atoms with Crippen molar-refractivity contribution in [2.24, 2.45) is 0 Å². The monoisotopic (exact) mass is 347 g/mol. The Morgan fingerprint density at radius 3 is 2.28 bits per heavy atom. The van der Waals surface area contributed by atoms with E-state index < -0.39 is 35.7 Å². The summed E-state index contributed by atoms with van der Waals surface area (Å²) in [6.07, 6.45) is 1.56. The van der Waals surface area contributed by atoms with Gasteiger partial charge < -0.3 is 10.1 Å². The van der Waals surface area contributed by atoms with Crippen molar-refractivity contribution >= 4 is 11.9 Å². The van der Waals surface area contributed by atoms with E-state index in [4.69, 9.17) is 4.74 Å². The van der Waals surface area contributed by atoms with Gasteiger partial charge in [-0.25, -0.2) is 13.6 Å². The summed E-state index contributed by atoms with van der Waals surface area (Å²) in [5, 5.41) is 2.77. The van der Waals surface area contributed by atoms with Gasteiger partial charge in [0.25, 0.3) is 5.91 Å². The quantitative estimate of drug-likeness (QED) is 0.776. The zero-order valence-corrected chi connectivity index (χ0v) is 13.8. The molecule has 0 aliphatic heterocycles. The number of carbonyl (C=O) groups is 2. The van der Waals surface area contributed by atoms with E-state index in [1.54, 1.807) is 0 Å². The molecule has 0 saturated heterocycles. The highest BCUT2D eigenvalue weighted by molar-refractivity contribution is 5.91. The summed E-state index contributed by atoms with van der Waals surface area (Å²) in [5.41, 5.74) is 0.132. The van der Waals surface area contributed by atoms with Crippen LogP contribution in [0.1, 0.15) is 41.7 Å². The maximum Gasteiger partial charge on any atom is 0.344 e. The second-order valence-electron chi connectivity index (χ2n) is 5.49. The first-order chi connectivity index (χ1) is 12.0. The van der Waals surface area contributed by atoms with Crippen LogP contribution < -0.4 is 5.32 Å². The Morgan fingerprint density at radius 2 is 1.68 bits per heavy atom. The number of carbonyl (C=O) groups excluding carboxylic acids is 2. The van der Waals surface area contributed by atoms with Gasteiger partial charge in [0, 0.05) is 0 Å². The molecule has 132 valence electrons. The van der Waals surface area contributed by atoms with Crippen LogP contribution in [0.15, 0.2) is 48.5 Å². The van der Waals surface area contributed by atoms with Gasteiger partial charge in [0.2, 0.25) is 0 Å². The topological polar surface area (TPSA) is 55.4 Å². The molecule has 0 aromatic heterocycles. The number of ether oxygens (including phenoxy) is 1. The molecule has 2 aromatic rings. The minimum atomic E-state index is -1.21. The summed E-state index contributed by atoms with van der Waals surface area (Å²) in [5.74, 6) is -3.80. The number of amides is 1. The van der Waals surface area contributed by atoms with Gasteiger partial charge in [-0.2, -0.15) is 0 Å². The molecular weight excluding hydrogens is 328 g/mol. The second-order valence-corrected chi connectivity index (χ2v) is 5.49. The van der Waals surface area contributed by atoms with E-state index in [9.17, 15) is 18.4 Å². The fraction of sp³-hybridized carbons (Fsp3) is 0.263. The van der Waals surface area contributed by atoms with E-state index in [1.165, 1.54) is 0 Å². The van der Waals surface area contributed by atoms with Crippen LogP contribution in [-0.2, 0) is 9.53 Å². The normalized spacial score (nSPS) is 11.6. The predicted molar refractivity (Wildman–Crippen MR) is 88.9 cm³/mol. The molecule has 0 fully saturated rings. The second kappa shape index (κ2) is 8.92. The molecule has 4 nitrogen and oxygen atoms in total. The van der Waals surface area contributed by atoms with Crippen molar-refractivity contribution in [2.75, 3.05) is 6.61 Å². The standard InChI is InChI=1S/C19H19F2NO3/c1-2-7-16(13-8-4-3-5-9-13)22-17(23)12-25-19(24)18-14(20)10-6-11-15(18)21/h3-6,8-11,16H,2,7,12H2,1H3,(H,22,23)/t16-/m1/s1. The molecule has 0 aliphatic rings. The fourth-order valence-electron chi connectivity index (χ4n) is 2.43. The summed E-state index contributed by atoms with van der Waals surface area (Å²) >= 11 is 0. The molecule has 2 aromatic carbocycles. The Kier molecular flexibility index (Phi) is 6.62. The van der Waals surface area contributed by atoms with Gasteiger partial charge in [0.05, 0.1) is 6.04 Å². The average Bonchev–Trinajstić information content (AvgIpc) is 2.60. The van der Waals surface area contributed by atoms with E-state index in [0.29, 0.717) is 6.42 Å². The lowest BCUT2D eigenvalue weighted by molar-refractivity contribution is -0.125. The van der Waals surface area contributed by atoms with Crippen LogP contribution in [0.5, 0.6) is 0 Å². The number of halogens is 2. The maximum absolute atomic E-state index is 13.5. The number of hydrogen-bond acceptors (Lipinski definition) is 3. The Labute approximate surface area is 144 Å². The van der Waals surface area contributed by atoms with E-state index in [1.807, 2.05) is 37.3 Å². The Balaban J connectivity index is 1.96. The molecule has 0 unspecified atom stereocenters. The molecule has 1 N–H and O–H groups in total. The molecule has 0 saturated carbocycles. The van der Waals surface area contributed by atoms with Crippen molar-refractivity contribution in [2.45, 2.75) is 25.8 Å². The summed E-state index contributed by atoms with van der Waals surface area (Å²) in [7, 11) is 0. The number of hydrogen-bond donors (Lipinski definition) is 1. The van der Waals surface area contributed by atoms with Gasteiger partial charge >= 0.3 is 5.97 Å². The van der Waals surface area contributed by atoms with Crippen LogP contribution >= 0.6 is 0 Å². The molecular formula is C19H19F2NO3. The van der Waals surface area contributed by atoms with E-state index in [0.717, 1.165) is 30.2 Å². The third kappa shape index (κ3) is 5.11. The van der Waals surface area contributed by atoms with Crippen LogP contribution in [0.2, 0.25) is 0 Å². The molecule has 0 heterocycles. The third-order valence-electron chi connectivity index (χ3n) is 3.62. The van der Waals surface area contributed by atoms with E-state index in [2.05, 4.69) is 5.32 Å². The first-order valence-electron chi connectivity index (χ1n) is 7.98. The molecule has 25 heavy (non-hydrogen) atoms. The predicted octanol–water partition coefficient (Wildman–Crippen LogP) is 3.78. The minimum absolute atomic E-state index is 0.220. The maximum atomic E-state index is 13.5. The van der Waals surface area contributed by atoms with Crippen LogP contribution in [0.4, 0.5) is 8.78 Å². The molecule has 0 bridgehead atoms. The Bertz CT molecular complexity index is 714. The largest absolute Gasteiger partial charge is 0.452 e. The van der Waals surface area contributed by atoms with Gasteiger partial charge in [-0.15, -0.1) is 0 Å². The van der Waals surface area contributed by atoms with Crippen molar-refractivity contribution in [3.63, 3.8) is 0 Å². The zero-order valence-electron chi connectivity index (χ0n) is 13.8. The minimum Gasteiger partial charge on any atom is -0.452 e. The first kappa shape index (κ1) is 18.6. The summed E-state index contributed by atoms with van der Waals surface area (Å²) in [6.45, 7) is 1.38. The lowest BCUT2D eigenvalue weighted by Crippen LogP contribution is -2.32. The molecule has 2 rings (SSSR count). The number of esters is 1. The van der Waals surface area contributed by atoms with Gasteiger partial charge in [-0.05, 0) is 24.1 Å². The highest BCUT2D eigenvalue weighted by atomic mass is 19.1. The van der Waals surface area contributed by atoms with Crippen molar-refractivity contribution in [1.82, 2.24) is 5.32 Å². The molecule has 1 atom stereocenters. The van der Waals surface area contributed by atoms with Crippen LogP contribution in [0, 0.1) is 11.6 Å². The highest BCUT2D eigenvalue weighted by Crippen LogP contribution is 2.18. The van der Waals surface area contributed by atoms with Gasteiger partial charge in [0.1, 0.15) is 17.2 Å². The average molecular weight is 347 g/mol. The molecule has 6 heteroatoms. The number of benzene rings is 2. The Morgan fingerprint density at radius 1 is 1.04 bits per heavy atom. The zero-order chi connectivity index (χ0) is 18.2. The van der Waals surface area contributed by atoms with Gasteiger partial charge in [0.15, 0.2) is 6.61 Å². The first-order valence-corrected chi connectivity index (χ1v) is 7.98. The third-order valence-corrected chi connectivity index (χ3v) is 3.62. The van der Waals surface area contributed by atoms with Crippen molar-refractivity contribution in [3.8, 4) is 0 Å². The summed E-state index contributed by atoms with van der Waals surface area (Å²) in [6, 6.07) is 12.2.